The van der Waals surface area contributed by atoms with Gasteiger partial charge < -0.3 is 14.7 Å². The molecule has 17 heavy (non-hydrogen) atoms. The van der Waals surface area contributed by atoms with E-state index in [0.717, 1.165) is 16.0 Å². The number of anilines is 1. The zero-order chi connectivity index (χ0) is 12.3. The molecule has 0 aliphatic heterocycles. The highest BCUT2D eigenvalue weighted by atomic mass is 32.1. The van der Waals surface area contributed by atoms with Gasteiger partial charge >= 0.3 is 0 Å². The molecule has 2 heterocycles. The highest BCUT2D eigenvalue weighted by molar-refractivity contribution is 7.17. The minimum absolute atomic E-state index is 0.322. The van der Waals surface area contributed by atoms with Crippen LogP contribution in [0.15, 0.2) is 17.8 Å². The van der Waals surface area contributed by atoms with E-state index in [1.54, 1.807) is 24.8 Å². The Hall–Kier alpha value is -1.24. The summed E-state index contributed by atoms with van der Waals surface area (Å²) in [6.07, 6.45) is 1.03. The molecule has 0 aliphatic rings. The van der Waals surface area contributed by atoms with Crippen LogP contribution in [0.5, 0.6) is 0 Å². The van der Waals surface area contributed by atoms with Crippen molar-refractivity contribution in [3.05, 3.63) is 17.8 Å². The number of nitrogens with zero attached hydrogens (tertiary/aromatic N) is 3. The zero-order valence-electron chi connectivity index (χ0n) is 9.83. The molecule has 0 amide bonds. The Kier molecular flexibility index (Phi) is 3.88. The minimum atomic E-state index is -0.519. The van der Waals surface area contributed by atoms with E-state index >= 15 is 0 Å². The van der Waals surface area contributed by atoms with Gasteiger partial charge in [-0.15, -0.1) is 11.3 Å². The molecule has 2 aromatic rings. The lowest BCUT2D eigenvalue weighted by atomic mass is 10.3. The fourth-order valence-corrected chi connectivity index (χ4v) is 2.58. The maximum Gasteiger partial charge on any atom is 0.149 e. The van der Waals surface area contributed by atoms with Gasteiger partial charge in [-0.05, 0) is 11.4 Å². The maximum absolute atomic E-state index is 9.70. The molecule has 1 unspecified atom stereocenters. The van der Waals surface area contributed by atoms with Crippen molar-refractivity contribution in [3.8, 4) is 0 Å². The predicted octanol–water partition coefficient (Wildman–Crippen LogP) is 1.13. The van der Waals surface area contributed by atoms with Gasteiger partial charge in [0.25, 0.3) is 0 Å². The first kappa shape index (κ1) is 12.2. The summed E-state index contributed by atoms with van der Waals surface area (Å²) in [5.74, 6) is 0.847. The van der Waals surface area contributed by atoms with Crippen LogP contribution in [-0.4, -0.2) is 48.5 Å². The number of aliphatic hydroxyl groups excluding tert-OH is 1. The average molecular weight is 253 g/mol. The fourth-order valence-electron chi connectivity index (χ4n) is 1.70. The summed E-state index contributed by atoms with van der Waals surface area (Å²) >= 11 is 1.60. The lowest BCUT2D eigenvalue weighted by Crippen LogP contribution is -2.32. The van der Waals surface area contributed by atoms with Crippen LogP contribution in [-0.2, 0) is 4.74 Å². The van der Waals surface area contributed by atoms with Gasteiger partial charge in [0.15, 0.2) is 0 Å². The number of thiophene rings is 1. The summed E-state index contributed by atoms with van der Waals surface area (Å²) in [6, 6.07) is 1.96. The smallest absolute Gasteiger partial charge is 0.149 e. The molecule has 5 nitrogen and oxygen atoms in total. The van der Waals surface area contributed by atoms with Gasteiger partial charge in [0, 0.05) is 20.7 Å². The second-order valence-electron chi connectivity index (χ2n) is 3.82. The summed E-state index contributed by atoms with van der Waals surface area (Å²) in [4.78, 5) is 10.4. The molecule has 1 N–H and O–H groups in total. The fraction of sp³-hybridized carbons (Fsp3) is 0.455. The van der Waals surface area contributed by atoms with Crippen molar-refractivity contribution in [1.29, 1.82) is 0 Å². The van der Waals surface area contributed by atoms with Crippen molar-refractivity contribution in [2.75, 3.05) is 32.2 Å². The van der Waals surface area contributed by atoms with Crippen LogP contribution in [0.3, 0.4) is 0 Å². The molecule has 1 atom stereocenters. The van der Waals surface area contributed by atoms with Crippen LogP contribution in [0.2, 0.25) is 0 Å². The van der Waals surface area contributed by atoms with Crippen molar-refractivity contribution in [1.82, 2.24) is 9.97 Å². The van der Waals surface area contributed by atoms with Crippen molar-refractivity contribution in [2.24, 2.45) is 0 Å². The topological polar surface area (TPSA) is 58.5 Å². The van der Waals surface area contributed by atoms with E-state index < -0.39 is 6.10 Å². The van der Waals surface area contributed by atoms with Gasteiger partial charge in [0.2, 0.25) is 0 Å². The molecule has 0 aromatic carbocycles. The van der Waals surface area contributed by atoms with Crippen LogP contribution in [0, 0.1) is 0 Å². The predicted molar refractivity (Wildman–Crippen MR) is 68.6 cm³/mol. The molecule has 2 aromatic heterocycles. The second-order valence-corrected chi connectivity index (χ2v) is 4.74. The van der Waals surface area contributed by atoms with Gasteiger partial charge in [-0.25, -0.2) is 9.97 Å². The van der Waals surface area contributed by atoms with Gasteiger partial charge in [-0.2, -0.15) is 0 Å². The number of hydrogen-bond donors (Lipinski definition) is 1. The SMILES string of the molecule is COCC(O)CN(C)c1ncnc2ccsc12. The molecule has 0 fully saturated rings. The zero-order valence-corrected chi connectivity index (χ0v) is 10.6. The van der Waals surface area contributed by atoms with E-state index in [1.807, 2.05) is 23.4 Å². The molecule has 0 saturated carbocycles. The minimum Gasteiger partial charge on any atom is -0.389 e. The summed E-state index contributed by atoms with van der Waals surface area (Å²) in [5, 5.41) is 11.7. The van der Waals surface area contributed by atoms with Crippen LogP contribution >= 0.6 is 11.3 Å². The molecule has 0 spiro atoms. The Morgan fingerprint density at radius 1 is 1.53 bits per heavy atom. The Morgan fingerprint density at radius 3 is 3.12 bits per heavy atom. The largest absolute Gasteiger partial charge is 0.389 e. The highest BCUT2D eigenvalue weighted by Crippen LogP contribution is 2.26. The second kappa shape index (κ2) is 5.39. The third-order valence-corrected chi connectivity index (χ3v) is 3.33. The first-order chi connectivity index (χ1) is 8.22. The number of likely N-dealkylation sites (N-methyl/N-ethyl adjacent to an activating group) is 1. The average Bonchev–Trinajstić information content (AvgIpc) is 2.76. The first-order valence-electron chi connectivity index (χ1n) is 5.28. The van der Waals surface area contributed by atoms with E-state index in [4.69, 9.17) is 4.74 Å². The van der Waals surface area contributed by atoms with Crippen molar-refractivity contribution in [3.63, 3.8) is 0 Å². The monoisotopic (exact) mass is 253 g/mol. The third kappa shape index (κ3) is 2.71. The highest BCUT2D eigenvalue weighted by Gasteiger charge is 2.13. The van der Waals surface area contributed by atoms with E-state index in [-0.39, 0.29) is 0 Å². The van der Waals surface area contributed by atoms with E-state index in [9.17, 15) is 5.11 Å². The van der Waals surface area contributed by atoms with Gasteiger partial charge in [0.05, 0.1) is 22.9 Å². The number of hydrogen-bond acceptors (Lipinski definition) is 6. The Morgan fingerprint density at radius 2 is 2.35 bits per heavy atom. The standard InChI is InChI=1S/C11H15N3O2S/c1-14(5-8(15)6-16-2)11-10-9(3-4-17-10)12-7-13-11/h3-4,7-8,15H,5-6H2,1-2H3. The van der Waals surface area contributed by atoms with Crippen molar-refractivity contribution >= 4 is 27.4 Å². The normalized spacial score (nSPS) is 12.9. The number of fused-ring (bicyclic) bond motifs is 1. The third-order valence-electron chi connectivity index (χ3n) is 2.43. The molecule has 92 valence electrons. The van der Waals surface area contributed by atoms with Gasteiger partial charge in [-0.3, -0.25) is 0 Å². The molecule has 0 bridgehead atoms. The van der Waals surface area contributed by atoms with E-state index in [1.165, 1.54) is 0 Å². The lowest BCUT2D eigenvalue weighted by molar-refractivity contribution is 0.0694. The molecule has 0 radical (unpaired) electrons. The maximum atomic E-state index is 9.70. The van der Waals surface area contributed by atoms with E-state index in [0.29, 0.717) is 13.2 Å². The Balaban J connectivity index is 2.18. The Bertz CT molecular complexity index is 488. The summed E-state index contributed by atoms with van der Waals surface area (Å²) in [6.45, 7) is 0.806. The summed E-state index contributed by atoms with van der Waals surface area (Å²) in [5.41, 5.74) is 0.938. The number of aromatic nitrogens is 2. The molecule has 6 heteroatoms. The summed E-state index contributed by atoms with van der Waals surface area (Å²) in [7, 11) is 3.48. The van der Waals surface area contributed by atoms with Crippen LogP contribution in [0.4, 0.5) is 5.82 Å². The molecular formula is C11H15N3O2S. The van der Waals surface area contributed by atoms with Crippen LogP contribution in [0.1, 0.15) is 0 Å². The number of ether oxygens (including phenoxy) is 1. The molecule has 0 aliphatic carbocycles. The molecule has 0 saturated heterocycles. The van der Waals surface area contributed by atoms with Crippen molar-refractivity contribution in [2.45, 2.75) is 6.10 Å². The van der Waals surface area contributed by atoms with Crippen LogP contribution < -0.4 is 4.90 Å². The molecular weight excluding hydrogens is 238 g/mol. The number of methoxy groups -OCH3 is 1. The van der Waals surface area contributed by atoms with Gasteiger partial charge in [0.1, 0.15) is 12.1 Å². The van der Waals surface area contributed by atoms with Gasteiger partial charge in [-0.1, -0.05) is 0 Å². The number of aliphatic hydroxyl groups is 1. The van der Waals surface area contributed by atoms with Crippen LogP contribution in [0.25, 0.3) is 10.2 Å². The van der Waals surface area contributed by atoms with E-state index in [2.05, 4.69) is 9.97 Å². The Labute approximate surface area is 104 Å². The number of rotatable bonds is 5. The first-order valence-corrected chi connectivity index (χ1v) is 6.16. The summed E-state index contributed by atoms with van der Waals surface area (Å²) < 4.78 is 5.95. The molecule has 2 rings (SSSR count). The quantitative estimate of drug-likeness (QED) is 0.865. The van der Waals surface area contributed by atoms with Crippen molar-refractivity contribution < 1.29 is 9.84 Å². The lowest BCUT2D eigenvalue weighted by Gasteiger charge is -2.21.